The third-order valence-corrected chi connectivity index (χ3v) is 2.96. The molecule has 1 atom stereocenters. The Labute approximate surface area is 109 Å². The highest BCUT2D eigenvalue weighted by molar-refractivity contribution is 5.73. The number of benzene rings is 1. The van der Waals surface area contributed by atoms with Crippen molar-refractivity contribution in [3.05, 3.63) is 52.7 Å². The van der Waals surface area contributed by atoms with Gasteiger partial charge in [0.2, 0.25) is 0 Å². The van der Waals surface area contributed by atoms with Crippen LogP contribution in [-0.4, -0.2) is 26.3 Å². The third kappa shape index (κ3) is 2.58. The molecule has 0 radical (unpaired) electrons. The van der Waals surface area contributed by atoms with Gasteiger partial charge in [-0.2, -0.15) is 0 Å². The van der Waals surface area contributed by atoms with Crippen LogP contribution >= 0.6 is 0 Å². The van der Waals surface area contributed by atoms with Crippen molar-refractivity contribution < 1.29 is 9.90 Å². The van der Waals surface area contributed by atoms with Crippen LogP contribution in [0.25, 0.3) is 5.69 Å². The first-order valence-corrected chi connectivity index (χ1v) is 5.81. The zero-order valence-corrected chi connectivity index (χ0v) is 10.5. The Hall–Kier alpha value is -2.34. The van der Waals surface area contributed by atoms with Gasteiger partial charge in [0.15, 0.2) is 0 Å². The van der Waals surface area contributed by atoms with Crippen LogP contribution in [0.4, 0.5) is 0 Å². The van der Waals surface area contributed by atoms with Gasteiger partial charge >= 0.3 is 11.7 Å². The number of hydrogen-bond donors (Lipinski definition) is 2. The standard InChI is InChI=1S/C13H15N3O3/c1-15-6-7-16(13(15)19)11-5-3-2-4-9(11)8-10(14)12(17)18/h2-7,10H,8,14H2,1H3,(H,17,18). The van der Waals surface area contributed by atoms with Crippen LogP contribution in [-0.2, 0) is 18.3 Å². The van der Waals surface area contributed by atoms with Gasteiger partial charge in [-0.25, -0.2) is 4.79 Å². The highest BCUT2D eigenvalue weighted by Crippen LogP contribution is 2.14. The zero-order valence-electron chi connectivity index (χ0n) is 10.5. The molecule has 0 bridgehead atoms. The minimum atomic E-state index is -1.06. The summed E-state index contributed by atoms with van der Waals surface area (Å²) >= 11 is 0. The molecule has 1 unspecified atom stereocenters. The lowest BCUT2D eigenvalue weighted by Gasteiger charge is -2.11. The van der Waals surface area contributed by atoms with E-state index >= 15 is 0 Å². The van der Waals surface area contributed by atoms with Gasteiger partial charge in [-0.3, -0.25) is 9.36 Å². The molecule has 2 aromatic rings. The van der Waals surface area contributed by atoms with Crippen molar-refractivity contribution in [1.82, 2.24) is 9.13 Å². The van der Waals surface area contributed by atoms with Gasteiger partial charge in [0, 0.05) is 25.9 Å². The summed E-state index contributed by atoms with van der Waals surface area (Å²) in [6.45, 7) is 0. The first-order chi connectivity index (χ1) is 9.00. The minimum absolute atomic E-state index is 0.173. The molecular formula is C13H15N3O3. The van der Waals surface area contributed by atoms with Gasteiger partial charge in [-0.15, -0.1) is 0 Å². The van der Waals surface area contributed by atoms with E-state index < -0.39 is 12.0 Å². The molecule has 100 valence electrons. The SMILES string of the molecule is Cn1ccn(-c2ccccc2CC(N)C(=O)O)c1=O. The zero-order chi connectivity index (χ0) is 14.0. The number of hydrogen-bond acceptors (Lipinski definition) is 3. The lowest BCUT2D eigenvalue weighted by atomic mass is 10.0. The molecular weight excluding hydrogens is 246 g/mol. The summed E-state index contributed by atoms with van der Waals surface area (Å²) in [6, 6.07) is 6.15. The summed E-state index contributed by atoms with van der Waals surface area (Å²) in [6.07, 6.45) is 3.47. The second kappa shape index (κ2) is 5.11. The Morgan fingerprint density at radius 2 is 2.05 bits per heavy atom. The quantitative estimate of drug-likeness (QED) is 0.818. The molecule has 19 heavy (non-hydrogen) atoms. The van der Waals surface area contributed by atoms with Crippen molar-refractivity contribution in [3.63, 3.8) is 0 Å². The maximum atomic E-state index is 11.9. The van der Waals surface area contributed by atoms with Crippen molar-refractivity contribution >= 4 is 5.97 Å². The number of nitrogens with two attached hydrogens (primary N) is 1. The maximum absolute atomic E-state index is 11.9. The molecule has 0 saturated carbocycles. The second-order valence-electron chi connectivity index (χ2n) is 4.34. The van der Waals surface area contributed by atoms with Crippen molar-refractivity contribution in [1.29, 1.82) is 0 Å². The normalized spacial score (nSPS) is 12.3. The Bertz CT molecular complexity index is 657. The molecule has 0 amide bonds. The lowest BCUT2D eigenvalue weighted by molar-refractivity contribution is -0.138. The van der Waals surface area contributed by atoms with Gasteiger partial charge in [-0.1, -0.05) is 18.2 Å². The summed E-state index contributed by atoms with van der Waals surface area (Å²) in [5.74, 6) is -1.06. The van der Waals surface area contributed by atoms with E-state index in [0.29, 0.717) is 5.69 Å². The molecule has 0 spiro atoms. The Kier molecular flexibility index (Phi) is 3.52. The highest BCUT2D eigenvalue weighted by Gasteiger charge is 2.15. The van der Waals surface area contributed by atoms with E-state index in [1.807, 2.05) is 0 Å². The number of aryl methyl sites for hydroxylation is 1. The van der Waals surface area contributed by atoms with Crippen molar-refractivity contribution in [2.75, 3.05) is 0 Å². The Balaban J connectivity index is 2.45. The predicted molar refractivity (Wildman–Crippen MR) is 70.3 cm³/mol. The fraction of sp³-hybridized carbons (Fsp3) is 0.231. The Morgan fingerprint density at radius 1 is 1.37 bits per heavy atom. The van der Waals surface area contributed by atoms with E-state index in [2.05, 4.69) is 0 Å². The average Bonchev–Trinajstić information content (AvgIpc) is 2.71. The van der Waals surface area contributed by atoms with Crippen LogP contribution in [0, 0.1) is 0 Å². The van der Waals surface area contributed by atoms with Crippen LogP contribution in [0.5, 0.6) is 0 Å². The topological polar surface area (TPSA) is 90.2 Å². The molecule has 6 heteroatoms. The molecule has 6 nitrogen and oxygen atoms in total. The maximum Gasteiger partial charge on any atom is 0.332 e. The number of aliphatic carboxylic acids is 1. The van der Waals surface area contributed by atoms with Gasteiger partial charge in [-0.05, 0) is 11.6 Å². The van der Waals surface area contributed by atoms with Crippen LogP contribution < -0.4 is 11.4 Å². The summed E-state index contributed by atoms with van der Waals surface area (Å²) in [5.41, 5.74) is 6.75. The smallest absolute Gasteiger partial charge is 0.332 e. The van der Waals surface area contributed by atoms with E-state index in [1.165, 1.54) is 9.13 Å². The minimum Gasteiger partial charge on any atom is -0.480 e. The van der Waals surface area contributed by atoms with E-state index in [4.69, 9.17) is 10.8 Å². The lowest BCUT2D eigenvalue weighted by Crippen LogP contribution is -2.33. The molecule has 3 N–H and O–H groups in total. The molecule has 0 fully saturated rings. The number of rotatable bonds is 4. The van der Waals surface area contributed by atoms with Crippen LogP contribution in [0.2, 0.25) is 0 Å². The van der Waals surface area contributed by atoms with Gasteiger partial charge < -0.3 is 15.4 Å². The van der Waals surface area contributed by atoms with Crippen LogP contribution in [0.3, 0.4) is 0 Å². The number of nitrogens with zero attached hydrogens (tertiary/aromatic N) is 2. The molecule has 0 saturated heterocycles. The number of aromatic nitrogens is 2. The molecule has 1 heterocycles. The second-order valence-corrected chi connectivity index (χ2v) is 4.34. The molecule has 0 aliphatic carbocycles. The van der Waals surface area contributed by atoms with Crippen LogP contribution in [0.15, 0.2) is 41.5 Å². The number of imidazole rings is 1. The van der Waals surface area contributed by atoms with E-state index in [-0.39, 0.29) is 12.1 Å². The fourth-order valence-electron chi connectivity index (χ4n) is 1.89. The predicted octanol–water partition coefficient (Wildman–Crippen LogP) is 0.130. The van der Waals surface area contributed by atoms with E-state index in [9.17, 15) is 9.59 Å². The first-order valence-electron chi connectivity index (χ1n) is 5.81. The number of carbonyl (C=O) groups is 1. The third-order valence-electron chi connectivity index (χ3n) is 2.96. The molecule has 1 aromatic heterocycles. The van der Waals surface area contributed by atoms with Crippen molar-refractivity contribution in [2.24, 2.45) is 12.8 Å². The van der Waals surface area contributed by atoms with Gasteiger partial charge in [0.25, 0.3) is 0 Å². The first kappa shape index (κ1) is 13.1. The van der Waals surface area contributed by atoms with Gasteiger partial charge in [0.1, 0.15) is 6.04 Å². The average molecular weight is 261 g/mol. The monoisotopic (exact) mass is 261 g/mol. The fourth-order valence-corrected chi connectivity index (χ4v) is 1.89. The largest absolute Gasteiger partial charge is 0.480 e. The Morgan fingerprint density at radius 3 is 2.63 bits per heavy atom. The van der Waals surface area contributed by atoms with Crippen molar-refractivity contribution in [2.45, 2.75) is 12.5 Å². The number of carboxylic acids is 1. The van der Waals surface area contributed by atoms with E-state index in [1.54, 1.807) is 43.7 Å². The van der Waals surface area contributed by atoms with Crippen LogP contribution in [0.1, 0.15) is 5.56 Å². The van der Waals surface area contributed by atoms with Crippen molar-refractivity contribution in [3.8, 4) is 5.69 Å². The summed E-state index contributed by atoms with van der Waals surface area (Å²) in [5, 5.41) is 8.87. The van der Waals surface area contributed by atoms with E-state index in [0.717, 1.165) is 5.56 Å². The summed E-state index contributed by atoms with van der Waals surface area (Å²) in [4.78, 5) is 22.7. The molecule has 0 aliphatic rings. The summed E-state index contributed by atoms with van der Waals surface area (Å²) in [7, 11) is 1.66. The number of carboxylic acid groups (broad SMARTS) is 1. The summed E-state index contributed by atoms with van der Waals surface area (Å²) < 4.78 is 2.93. The highest BCUT2D eigenvalue weighted by atomic mass is 16.4. The molecule has 1 aromatic carbocycles. The molecule has 0 aliphatic heterocycles. The number of para-hydroxylation sites is 1. The molecule has 2 rings (SSSR count). The van der Waals surface area contributed by atoms with Gasteiger partial charge in [0.05, 0.1) is 5.69 Å².